The van der Waals surface area contributed by atoms with Gasteiger partial charge in [-0.2, -0.15) is 0 Å². The van der Waals surface area contributed by atoms with Crippen LogP contribution in [0.4, 0.5) is 0 Å². The van der Waals surface area contributed by atoms with Crippen LogP contribution in [0.2, 0.25) is 0 Å². The highest BCUT2D eigenvalue weighted by molar-refractivity contribution is 8.14. The SMILES string of the molecule is CSC(=N)c1cccs1.[O-][I+2]([O-])O. The summed E-state index contributed by atoms with van der Waals surface area (Å²) in [5.41, 5.74) is 0. The van der Waals surface area contributed by atoms with Crippen LogP contribution in [0.3, 0.4) is 0 Å². The average molecular weight is 333 g/mol. The number of nitrogens with one attached hydrogen (secondary N) is 1. The topological polar surface area (TPSA) is 90.2 Å². The molecule has 0 spiro atoms. The number of rotatable bonds is 1. The highest BCUT2D eigenvalue weighted by Crippen LogP contribution is 2.14. The molecule has 2 N–H and O–H groups in total. The molecule has 13 heavy (non-hydrogen) atoms. The van der Waals surface area contributed by atoms with Crippen molar-refractivity contribution in [3.63, 3.8) is 0 Å². The van der Waals surface area contributed by atoms with Gasteiger partial charge in [-0.3, -0.25) is 5.41 Å². The zero-order valence-electron chi connectivity index (χ0n) is 6.69. The first kappa shape index (κ1) is 13.3. The van der Waals surface area contributed by atoms with Crippen molar-refractivity contribution in [2.24, 2.45) is 0 Å². The molecule has 0 aliphatic rings. The molecule has 7 heteroatoms. The van der Waals surface area contributed by atoms with Crippen LogP contribution in [0.15, 0.2) is 17.5 Å². The van der Waals surface area contributed by atoms with Crippen molar-refractivity contribution in [2.45, 2.75) is 0 Å². The molecule has 1 aromatic heterocycles. The van der Waals surface area contributed by atoms with E-state index in [0.717, 1.165) is 4.88 Å². The monoisotopic (exact) mass is 333 g/mol. The fourth-order valence-corrected chi connectivity index (χ4v) is 1.74. The van der Waals surface area contributed by atoms with Gasteiger partial charge in [0.2, 0.25) is 0 Å². The van der Waals surface area contributed by atoms with Crippen molar-refractivity contribution in [3.05, 3.63) is 22.4 Å². The minimum atomic E-state index is -3.76. The van der Waals surface area contributed by atoms with E-state index < -0.39 is 21.1 Å². The van der Waals surface area contributed by atoms with Gasteiger partial charge < -0.3 is 6.87 Å². The zero-order valence-corrected chi connectivity index (χ0v) is 10.5. The minimum absolute atomic E-state index is 0.657. The summed E-state index contributed by atoms with van der Waals surface area (Å²) in [7, 11) is 0. The summed E-state index contributed by atoms with van der Waals surface area (Å²) in [6.45, 7) is 0. The maximum absolute atomic E-state index is 8.68. The fraction of sp³-hybridized carbons (Fsp3) is 0.167. The van der Waals surface area contributed by atoms with Crippen molar-refractivity contribution in [1.82, 2.24) is 0 Å². The van der Waals surface area contributed by atoms with Gasteiger partial charge in [0.15, 0.2) is 0 Å². The van der Waals surface area contributed by atoms with Crippen LogP contribution in [-0.4, -0.2) is 14.7 Å². The number of hydrogen-bond donors (Lipinski definition) is 2. The smallest absolute Gasteiger partial charge is 0.396 e. The first-order valence-corrected chi connectivity index (χ1v) is 7.82. The molecule has 1 heterocycles. The molecular weight excluding hydrogens is 325 g/mol. The molecular formula is C6H8INO3S2. The molecule has 0 radical (unpaired) electrons. The lowest BCUT2D eigenvalue weighted by Crippen LogP contribution is -3.98. The van der Waals surface area contributed by atoms with Crippen LogP contribution < -0.4 is 27.9 Å². The third-order valence-corrected chi connectivity index (χ3v) is 2.59. The molecule has 0 aliphatic heterocycles. The predicted molar refractivity (Wildman–Crippen MR) is 46.9 cm³/mol. The Labute approximate surface area is 93.2 Å². The fourth-order valence-electron chi connectivity index (χ4n) is 0.508. The Morgan fingerprint density at radius 2 is 2.23 bits per heavy atom. The van der Waals surface area contributed by atoms with Gasteiger partial charge in [-0.05, 0) is 21.1 Å². The standard InChI is InChI=1S/C6H7NS2.HIO3/c1-8-6(7)5-3-2-4-9-5;2-1(3)4/h2-4,7H,1H3;2H. The Kier molecular flexibility index (Phi) is 7.90. The van der Waals surface area contributed by atoms with Gasteiger partial charge in [0.1, 0.15) is 5.04 Å². The van der Waals surface area contributed by atoms with E-state index in [9.17, 15) is 0 Å². The van der Waals surface area contributed by atoms with Crippen LogP contribution in [-0.2, 0) is 0 Å². The third kappa shape index (κ3) is 7.40. The molecule has 4 nitrogen and oxygen atoms in total. The Bertz CT molecular complexity index is 237. The van der Waals surface area contributed by atoms with E-state index in [1.807, 2.05) is 23.8 Å². The van der Waals surface area contributed by atoms with Crippen LogP contribution >= 0.6 is 23.1 Å². The molecule has 0 atom stereocenters. The van der Waals surface area contributed by atoms with E-state index in [0.29, 0.717) is 5.04 Å². The maximum Gasteiger partial charge on any atom is 0.503 e. The minimum Gasteiger partial charge on any atom is -0.396 e. The quantitative estimate of drug-likeness (QED) is 0.317. The summed E-state index contributed by atoms with van der Waals surface area (Å²) in [5, 5.41) is 10.0. The van der Waals surface area contributed by atoms with Gasteiger partial charge in [0.05, 0.1) is 4.88 Å². The van der Waals surface area contributed by atoms with Crippen molar-refractivity contribution in [2.75, 3.05) is 6.26 Å². The van der Waals surface area contributed by atoms with Gasteiger partial charge in [-0.15, -0.1) is 23.1 Å². The molecule has 0 unspecified atom stereocenters. The van der Waals surface area contributed by atoms with Gasteiger partial charge in [-0.1, -0.05) is 6.07 Å². The molecule has 0 aliphatic carbocycles. The molecule has 0 saturated carbocycles. The number of hydrogen-bond acceptors (Lipinski definition) is 6. The largest absolute Gasteiger partial charge is 0.503 e. The van der Waals surface area contributed by atoms with E-state index in [-0.39, 0.29) is 0 Å². The molecule has 0 amide bonds. The first-order chi connectivity index (χ1) is 6.07. The van der Waals surface area contributed by atoms with Gasteiger partial charge in [-0.25, -0.2) is 0 Å². The van der Waals surface area contributed by atoms with E-state index in [1.165, 1.54) is 11.8 Å². The second-order valence-electron chi connectivity index (χ2n) is 1.71. The van der Waals surface area contributed by atoms with Crippen molar-refractivity contribution in [1.29, 1.82) is 5.41 Å². The molecule has 1 rings (SSSR count). The van der Waals surface area contributed by atoms with Crippen LogP contribution in [0.5, 0.6) is 0 Å². The third-order valence-electron chi connectivity index (χ3n) is 0.949. The Hall–Kier alpha value is 0.330. The summed E-state index contributed by atoms with van der Waals surface area (Å²) < 4.78 is 24.5. The zero-order chi connectivity index (χ0) is 10.3. The lowest BCUT2D eigenvalue weighted by atomic mass is 10.5. The van der Waals surface area contributed by atoms with Gasteiger partial charge in [0.25, 0.3) is 0 Å². The summed E-state index contributed by atoms with van der Waals surface area (Å²) >= 11 is -0.677. The number of halogens is 1. The highest BCUT2D eigenvalue weighted by Gasteiger charge is 1.97. The van der Waals surface area contributed by atoms with Crippen LogP contribution in [0, 0.1) is 5.41 Å². The summed E-state index contributed by atoms with van der Waals surface area (Å²) in [5.74, 6) is 0. The van der Waals surface area contributed by atoms with E-state index in [4.69, 9.17) is 15.7 Å². The average Bonchev–Trinajstić information content (AvgIpc) is 2.54. The molecule has 0 saturated heterocycles. The normalized spacial score (nSPS) is 9.31. The lowest BCUT2D eigenvalue weighted by Gasteiger charge is -1.90. The predicted octanol–water partition coefficient (Wildman–Crippen LogP) is -3.49. The number of thioether (sulfide) groups is 1. The maximum atomic E-state index is 8.68. The molecule has 1 aromatic rings. The molecule has 0 aromatic carbocycles. The first-order valence-electron chi connectivity index (χ1n) is 2.99. The summed E-state index contributed by atoms with van der Waals surface area (Å²) in [4.78, 5) is 1.06. The van der Waals surface area contributed by atoms with E-state index in [1.54, 1.807) is 11.3 Å². The van der Waals surface area contributed by atoms with Crippen LogP contribution in [0.1, 0.15) is 4.88 Å². The summed E-state index contributed by atoms with van der Waals surface area (Å²) in [6, 6.07) is 3.92. The van der Waals surface area contributed by atoms with Crippen LogP contribution in [0.25, 0.3) is 0 Å². The molecule has 0 fully saturated rings. The van der Waals surface area contributed by atoms with E-state index in [2.05, 4.69) is 0 Å². The second kappa shape index (κ2) is 7.71. The lowest BCUT2D eigenvalue weighted by molar-refractivity contribution is -1.63. The Morgan fingerprint density at radius 3 is 2.54 bits per heavy atom. The molecule has 74 valence electrons. The summed E-state index contributed by atoms with van der Waals surface area (Å²) in [6.07, 6.45) is 1.92. The highest BCUT2D eigenvalue weighted by atomic mass is 127. The second-order valence-corrected chi connectivity index (χ2v) is 4.62. The van der Waals surface area contributed by atoms with Crippen molar-refractivity contribution < 1.29 is 31.4 Å². The van der Waals surface area contributed by atoms with E-state index >= 15 is 0 Å². The van der Waals surface area contributed by atoms with Gasteiger partial charge in [0, 0.05) is 0 Å². The number of thiophene rings is 1. The van der Waals surface area contributed by atoms with Gasteiger partial charge >= 0.3 is 21.1 Å². The molecule has 0 bridgehead atoms. The Balaban J connectivity index is 0.000000310. The Morgan fingerprint density at radius 1 is 1.69 bits per heavy atom. The van der Waals surface area contributed by atoms with Crippen molar-refractivity contribution >= 4 is 28.1 Å². The van der Waals surface area contributed by atoms with Crippen molar-refractivity contribution in [3.8, 4) is 0 Å².